The largest absolute Gasteiger partial charge is 0.350 e. The van der Waals surface area contributed by atoms with Crippen molar-refractivity contribution in [2.24, 2.45) is 0 Å². The molecular weight excluding hydrogens is 359 g/mol. The standard InChI is InChI=1S/C18H14ClFN4O2/c19-12-5-7-13(8-6-12)24-18(26)23-10-9-22(11-16(23)21-24)17(25)14-3-1-2-4-15(14)20/h1-8H,9-11H2. The van der Waals surface area contributed by atoms with Gasteiger partial charge in [-0.1, -0.05) is 23.7 Å². The lowest BCUT2D eigenvalue weighted by Crippen LogP contribution is -2.41. The number of hydrogen-bond donors (Lipinski definition) is 0. The fraction of sp³-hybridized carbons (Fsp3) is 0.167. The molecule has 0 N–H and O–H groups in total. The molecule has 0 saturated heterocycles. The van der Waals surface area contributed by atoms with Crippen molar-refractivity contribution in [2.45, 2.75) is 13.1 Å². The van der Waals surface area contributed by atoms with Crippen LogP contribution in [0.1, 0.15) is 16.2 Å². The number of hydrogen-bond acceptors (Lipinski definition) is 3. The lowest BCUT2D eigenvalue weighted by Gasteiger charge is -2.26. The third-order valence-electron chi connectivity index (χ3n) is 4.33. The molecule has 6 nitrogen and oxygen atoms in total. The van der Waals surface area contributed by atoms with Crippen molar-refractivity contribution in [1.29, 1.82) is 0 Å². The highest BCUT2D eigenvalue weighted by molar-refractivity contribution is 6.30. The molecule has 8 heteroatoms. The Bertz CT molecular complexity index is 1040. The molecule has 0 aliphatic carbocycles. The van der Waals surface area contributed by atoms with Gasteiger partial charge in [0.15, 0.2) is 5.82 Å². The summed E-state index contributed by atoms with van der Waals surface area (Å²) in [6.45, 7) is 0.761. The second-order valence-corrected chi connectivity index (χ2v) is 6.38. The van der Waals surface area contributed by atoms with E-state index in [0.717, 1.165) is 0 Å². The second-order valence-electron chi connectivity index (χ2n) is 5.95. The SMILES string of the molecule is O=C(c1ccccc1F)N1CCn2c(nn(-c3ccc(Cl)cc3)c2=O)C1. The van der Waals surface area contributed by atoms with Gasteiger partial charge in [0.25, 0.3) is 5.91 Å². The fourth-order valence-corrected chi connectivity index (χ4v) is 3.10. The van der Waals surface area contributed by atoms with Gasteiger partial charge in [-0.05, 0) is 36.4 Å². The van der Waals surface area contributed by atoms with Crippen molar-refractivity contribution in [3.05, 3.63) is 81.2 Å². The van der Waals surface area contributed by atoms with Gasteiger partial charge in [-0.3, -0.25) is 9.36 Å². The summed E-state index contributed by atoms with van der Waals surface area (Å²) in [4.78, 5) is 26.6. The normalized spacial score (nSPS) is 13.5. The minimum absolute atomic E-state index is 0.0143. The van der Waals surface area contributed by atoms with Crippen LogP contribution in [0.4, 0.5) is 4.39 Å². The van der Waals surface area contributed by atoms with Gasteiger partial charge >= 0.3 is 5.69 Å². The van der Waals surface area contributed by atoms with Gasteiger partial charge < -0.3 is 4.90 Å². The highest BCUT2D eigenvalue weighted by atomic mass is 35.5. The summed E-state index contributed by atoms with van der Waals surface area (Å²) in [7, 11) is 0. The van der Waals surface area contributed by atoms with E-state index in [0.29, 0.717) is 29.6 Å². The average Bonchev–Trinajstić information content (AvgIpc) is 2.98. The summed E-state index contributed by atoms with van der Waals surface area (Å²) < 4.78 is 16.7. The van der Waals surface area contributed by atoms with E-state index in [-0.39, 0.29) is 17.8 Å². The van der Waals surface area contributed by atoms with Crippen LogP contribution < -0.4 is 5.69 Å². The van der Waals surface area contributed by atoms with E-state index in [1.54, 1.807) is 30.3 Å². The molecule has 0 saturated carbocycles. The number of fused-ring (bicyclic) bond motifs is 1. The first-order valence-electron chi connectivity index (χ1n) is 8.03. The molecule has 2 heterocycles. The fourth-order valence-electron chi connectivity index (χ4n) is 2.98. The van der Waals surface area contributed by atoms with Crippen LogP contribution in [0, 0.1) is 5.82 Å². The van der Waals surface area contributed by atoms with E-state index < -0.39 is 11.7 Å². The maximum absolute atomic E-state index is 13.9. The minimum Gasteiger partial charge on any atom is -0.329 e. The summed E-state index contributed by atoms with van der Waals surface area (Å²) in [6.07, 6.45) is 0. The van der Waals surface area contributed by atoms with Crippen LogP contribution in [0.2, 0.25) is 5.02 Å². The molecule has 0 fully saturated rings. The molecule has 4 rings (SSSR count). The van der Waals surface area contributed by atoms with E-state index in [1.165, 1.54) is 32.3 Å². The van der Waals surface area contributed by atoms with Crippen LogP contribution in [0.25, 0.3) is 5.69 Å². The molecule has 0 bridgehead atoms. The summed E-state index contributed by atoms with van der Waals surface area (Å²) in [5.41, 5.74) is 0.328. The summed E-state index contributed by atoms with van der Waals surface area (Å²) in [5, 5.41) is 4.90. The van der Waals surface area contributed by atoms with E-state index in [2.05, 4.69) is 5.10 Å². The summed E-state index contributed by atoms with van der Waals surface area (Å²) in [5.74, 6) is -0.518. The predicted octanol–water partition coefficient (Wildman–Crippen LogP) is 2.48. The number of carbonyl (C=O) groups is 1. The Balaban J connectivity index is 1.65. The summed E-state index contributed by atoms with van der Waals surface area (Å²) >= 11 is 5.88. The Kier molecular flexibility index (Phi) is 4.08. The molecule has 1 aliphatic rings. The molecule has 132 valence electrons. The Labute approximate surface area is 153 Å². The number of aromatic nitrogens is 3. The van der Waals surface area contributed by atoms with Crippen molar-refractivity contribution >= 4 is 17.5 Å². The number of amides is 1. The number of carbonyl (C=O) groups excluding carboxylic acids is 1. The third-order valence-corrected chi connectivity index (χ3v) is 4.58. The molecule has 1 aliphatic heterocycles. The quantitative estimate of drug-likeness (QED) is 0.694. The molecule has 2 aromatic carbocycles. The van der Waals surface area contributed by atoms with E-state index >= 15 is 0 Å². The smallest absolute Gasteiger partial charge is 0.329 e. The van der Waals surface area contributed by atoms with Crippen molar-refractivity contribution in [3.8, 4) is 5.69 Å². The molecule has 0 unspecified atom stereocenters. The molecule has 0 spiro atoms. The van der Waals surface area contributed by atoms with Gasteiger partial charge in [0.05, 0.1) is 17.8 Å². The van der Waals surface area contributed by atoms with Crippen LogP contribution >= 0.6 is 11.6 Å². The zero-order valence-corrected chi connectivity index (χ0v) is 14.4. The number of halogens is 2. The Morgan fingerprint density at radius 2 is 1.81 bits per heavy atom. The first-order chi connectivity index (χ1) is 12.5. The number of rotatable bonds is 2. The first-order valence-corrected chi connectivity index (χ1v) is 8.41. The predicted molar refractivity (Wildman–Crippen MR) is 94.0 cm³/mol. The molecule has 0 atom stereocenters. The maximum Gasteiger partial charge on any atom is 0.350 e. The monoisotopic (exact) mass is 372 g/mol. The molecule has 3 aromatic rings. The van der Waals surface area contributed by atoms with Crippen molar-refractivity contribution in [3.63, 3.8) is 0 Å². The highest BCUT2D eigenvalue weighted by Gasteiger charge is 2.27. The Morgan fingerprint density at radius 3 is 2.54 bits per heavy atom. The average molecular weight is 373 g/mol. The Morgan fingerprint density at radius 1 is 1.08 bits per heavy atom. The van der Waals surface area contributed by atoms with E-state index in [1.807, 2.05) is 0 Å². The molecule has 1 amide bonds. The zero-order valence-electron chi connectivity index (χ0n) is 13.6. The lowest BCUT2D eigenvalue weighted by atomic mass is 10.1. The van der Waals surface area contributed by atoms with Crippen molar-refractivity contribution in [1.82, 2.24) is 19.2 Å². The van der Waals surface area contributed by atoms with Crippen LogP contribution in [0.3, 0.4) is 0 Å². The zero-order chi connectivity index (χ0) is 18.3. The van der Waals surface area contributed by atoms with E-state index in [4.69, 9.17) is 11.6 Å². The van der Waals surface area contributed by atoms with Crippen LogP contribution in [-0.2, 0) is 13.1 Å². The van der Waals surface area contributed by atoms with Gasteiger partial charge in [-0.2, -0.15) is 4.68 Å². The third kappa shape index (κ3) is 2.80. The van der Waals surface area contributed by atoms with Gasteiger partial charge in [0.2, 0.25) is 0 Å². The van der Waals surface area contributed by atoms with Crippen LogP contribution in [0.5, 0.6) is 0 Å². The topological polar surface area (TPSA) is 60.1 Å². The van der Waals surface area contributed by atoms with Gasteiger partial charge in [0.1, 0.15) is 5.82 Å². The van der Waals surface area contributed by atoms with Gasteiger partial charge in [-0.15, -0.1) is 5.10 Å². The number of nitrogens with zero attached hydrogens (tertiary/aromatic N) is 4. The van der Waals surface area contributed by atoms with Crippen LogP contribution in [0.15, 0.2) is 53.3 Å². The minimum atomic E-state index is -0.563. The summed E-state index contributed by atoms with van der Waals surface area (Å²) in [6, 6.07) is 12.6. The molecule has 26 heavy (non-hydrogen) atoms. The number of benzene rings is 2. The van der Waals surface area contributed by atoms with Gasteiger partial charge in [0, 0.05) is 18.1 Å². The van der Waals surface area contributed by atoms with Crippen LogP contribution in [-0.4, -0.2) is 31.7 Å². The highest BCUT2D eigenvalue weighted by Crippen LogP contribution is 2.17. The Hall–Kier alpha value is -2.93. The lowest BCUT2D eigenvalue weighted by molar-refractivity contribution is 0.0701. The molecule has 1 aromatic heterocycles. The first kappa shape index (κ1) is 16.5. The maximum atomic E-state index is 13.9. The van der Waals surface area contributed by atoms with E-state index in [9.17, 15) is 14.0 Å². The molecular formula is C18H14ClFN4O2. The van der Waals surface area contributed by atoms with Crippen molar-refractivity contribution in [2.75, 3.05) is 6.54 Å². The second kappa shape index (κ2) is 6.42. The van der Waals surface area contributed by atoms with Gasteiger partial charge in [-0.25, -0.2) is 9.18 Å². The molecule has 0 radical (unpaired) electrons. The van der Waals surface area contributed by atoms with Crippen molar-refractivity contribution < 1.29 is 9.18 Å².